The molecule has 0 atom stereocenters. The molecule has 1 heterocycles. The van der Waals surface area contributed by atoms with E-state index in [2.05, 4.69) is 5.32 Å². The summed E-state index contributed by atoms with van der Waals surface area (Å²) in [5, 5.41) is 3.74. The second-order valence-electron chi connectivity index (χ2n) is 7.03. The van der Waals surface area contributed by atoms with Crippen molar-refractivity contribution in [2.75, 3.05) is 5.32 Å². The Bertz CT molecular complexity index is 1210. The number of fused-ring (bicyclic) bond motifs is 1. The second kappa shape index (κ2) is 7.68. The molecular weight excluding hydrogens is 360 g/mol. The lowest BCUT2D eigenvalue weighted by Gasteiger charge is -2.11. The van der Waals surface area contributed by atoms with Gasteiger partial charge in [0, 0.05) is 22.2 Å². The molecule has 1 aromatic heterocycles. The van der Waals surface area contributed by atoms with E-state index in [4.69, 9.17) is 4.98 Å². The van der Waals surface area contributed by atoms with Crippen molar-refractivity contribution in [3.8, 4) is 11.3 Å². The molecule has 4 aromatic rings. The number of amides is 1. The van der Waals surface area contributed by atoms with Crippen LogP contribution >= 0.6 is 0 Å². The van der Waals surface area contributed by atoms with E-state index in [1.165, 1.54) is 6.92 Å². The lowest BCUT2D eigenvalue weighted by atomic mass is 10.0. The van der Waals surface area contributed by atoms with Gasteiger partial charge in [0.15, 0.2) is 5.78 Å². The van der Waals surface area contributed by atoms with E-state index in [0.717, 1.165) is 27.7 Å². The van der Waals surface area contributed by atoms with Crippen LogP contribution in [0.25, 0.3) is 22.2 Å². The molecule has 0 saturated heterocycles. The third-order valence-electron chi connectivity index (χ3n) is 4.83. The van der Waals surface area contributed by atoms with E-state index >= 15 is 0 Å². The maximum atomic E-state index is 13.1. The standard InChI is InChI=1S/C25H20N2O2/c1-16-8-13-23-21(14-16)22(15-24(27-23)19-6-4-3-5-7-19)25(29)26-20-11-9-18(10-12-20)17(2)28/h3-15H,1-2H3,(H,26,29). The third-order valence-corrected chi connectivity index (χ3v) is 4.83. The molecule has 0 saturated carbocycles. The van der Waals surface area contributed by atoms with Crippen molar-refractivity contribution in [1.82, 2.24) is 4.98 Å². The van der Waals surface area contributed by atoms with Crippen LogP contribution in [-0.2, 0) is 0 Å². The first kappa shape index (κ1) is 18.6. The maximum absolute atomic E-state index is 13.1. The van der Waals surface area contributed by atoms with E-state index < -0.39 is 0 Å². The lowest BCUT2D eigenvalue weighted by Crippen LogP contribution is -2.13. The minimum Gasteiger partial charge on any atom is -0.322 e. The summed E-state index contributed by atoms with van der Waals surface area (Å²) in [6.45, 7) is 3.51. The maximum Gasteiger partial charge on any atom is 0.256 e. The van der Waals surface area contributed by atoms with Crippen molar-refractivity contribution in [3.63, 3.8) is 0 Å². The Hall–Kier alpha value is -3.79. The normalized spacial score (nSPS) is 10.7. The van der Waals surface area contributed by atoms with Crippen LogP contribution in [0.15, 0.2) is 78.9 Å². The molecule has 0 bridgehead atoms. The van der Waals surface area contributed by atoms with E-state index in [9.17, 15) is 9.59 Å². The molecule has 0 unspecified atom stereocenters. The highest BCUT2D eigenvalue weighted by Crippen LogP contribution is 2.26. The van der Waals surface area contributed by atoms with Crippen LogP contribution in [0, 0.1) is 6.92 Å². The van der Waals surface area contributed by atoms with Gasteiger partial charge in [0.2, 0.25) is 0 Å². The van der Waals surface area contributed by atoms with Gasteiger partial charge in [0.05, 0.1) is 16.8 Å². The Morgan fingerprint density at radius 3 is 2.28 bits per heavy atom. The number of hydrogen-bond acceptors (Lipinski definition) is 3. The highest BCUT2D eigenvalue weighted by atomic mass is 16.1. The monoisotopic (exact) mass is 380 g/mol. The van der Waals surface area contributed by atoms with Crippen molar-refractivity contribution < 1.29 is 9.59 Å². The molecule has 0 spiro atoms. The fourth-order valence-corrected chi connectivity index (χ4v) is 3.27. The largest absolute Gasteiger partial charge is 0.322 e. The Morgan fingerprint density at radius 1 is 0.862 bits per heavy atom. The van der Waals surface area contributed by atoms with Gasteiger partial charge in [-0.15, -0.1) is 0 Å². The van der Waals surface area contributed by atoms with E-state index in [1.54, 1.807) is 24.3 Å². The number of rotatable bonds is 4. The van der Waals surface area contributed by atoms with Crippen LogP contribution in [0.1, 0.15) is 33.2 Å². The molecule has 1 amide bonds. The number of benzene rings is 3. The molecule has 4 nitrogen and oxygen atoms in total. The number of carbonyl (C=O) groups is 2. The number of Topliss-reactive ketones (excluding diaryl/α,β-unsaturated/α-hetero) is 1. The first-order chi connectivity index (χ1) is 14.0. The van der Waals surface area contributed by atoms with Crippen molar-refractivity contribution in [1.29, 1.82) is 0 Å². The number of nitrogens with zero attached hydrogens (tertiary/aromatic N) is 1. The van der Waals surface area contributed by atoms with Crippen molar-refractivity contribution in [2.24, 2.45) is 0 Å². The molecule has 1 N–H and O–H groups in total. The summed E-state index contributed by atoms with van der Waals surface area (Å²) < 4.78 is 0. The van der Waals surface area contributed by atoms with Gasteiger partial charge >= 0.3 is 0 Å². The average molecular weight is 380 g/mol. The number of aryl methyl sites for hydroxylation is 1. The van der Waals surface area contributed by atoms with Crippen molar-refractivity contribution in [2.45, 2.75) is 13.8 Å². The van der Waals surface area contributed by atoms with Crippen LogP contribution in [0.4, 0.5) is 5.69 Å². The van der Waals surface area contributed by atoms with Crippen LogP contribution in [0.2, 0.25) is 0 Å². The van der Waals surface area contributed by atoms with E-state index in [1.807, 2.05) is 61.5 Å². The molecule has 4 heteroatoms. The Labute approximate surface area is 169 Å². The fraction of sp³-hybridized carbons (Fsp3) is 0.0800. The molecule has 142 valence electrons. The quantitative estimate of drug-likeness (QED) is 0.464. The first-order valence-electron chi connectivity index (χ1n) is 9.40. The van der Waals surface area contributed by atoms with Gasteiger partial charge in [0.1, 0.15) is 0 Å². The average Bonchev–Trinajstić information content (AvgIpc) is 2.74. The highest BCUT2D eigenvalue weighted by Gasteiger charge is 2.15. The lowest BCUT2D eigenvalue weighted by molar-refractivity contribution is 0.101. The van der Waals surface area contributed by atoms with E-state index in [0.29, 0.717) is 16.8 Å². The Kier molecular flexibility index (Phi) is 4.92. The molecule has 0 aliphatic rings. The summed E-state index contributed by atoms with van der Waals surface area (Å²) in [5.74, 6) is -0.221. The number of anilines is 1. The van der Waals surface area contributed by atoms with Crippen LogP contribution < -0.4 is 5.32 Å². The van der Waals surface area contributed by atoms with Gasteiger partial charge in [-0.2, -0.15) is 0 Å². The summed E-state index contributed by atoms with van der Waals surface area (Å²) in [4.78, 5) is 29.3. The molecule has 4 rings (SSSR count). The number of ketones is 1. The SMILES string of the molecule is CC(=O)c1ccc(NC(=O)c2cc(-c3ccccc3)nc3ccc(C)cc23)cc1. The minimum absolute atomic E-state index is 0.00835. The molecular formula is C25H20N2O2. The minimum atomic E-state index is -0.212. The highest BCUT2D eigenvalue weighted by molar-refractivity contribution is 6.13. The number of nitrogens with one attached hydrogen (secondary N) is 1. The molecule has 3 aromatic carbocycles. The summed E-state index contributed by atoms with van der Waals surface area (Å²) in [6.07, 6.45) is 0. The Morgan fingerprint density at radius 2 is 1.59 bits per heavy atom. The van der Waals surface area contributed by atoms with Crippen LogP contribution in [0.3, 0.4) is 0 Å². The second-order valence-corrected chi connectivity index (χ2v) is 7.03. The van der Waals surface area contributed by atoms with Gasteiger partial charge in [-0.3, -0.25) is 9.59 Å². The fourth-order valence-electron chi connectivity index (χ4n) is 3.27. The number of hydrogen-bond donors (Lipinski definition) is 1. The number of aromatic nitrogens is 1. The van der Waals surface area contributed by atoms with Gasteiger partial charge in [-0.05, 0) is 56.3 Å². The molecule has 0 fully saturated rings. The zero-order chi connectivity index (χ0) is 20.4. The summed E-state index contributed by atoms with van der Waals surface area (Å²) in [7, 11) is 0. The Balaban J connectivity index is 1.77. The summed E-state index contributed by atoms with van der Waals surface area (Å²) >= 11 is 0. The predicted octanol–water partition coefficient (Wildman–Crippen LogP) is 5.67. The first-order valence-corrected chi connectivity index (χ1v) is 9.40. The molecule has 0 radical (unpaired) electrons. The topological polar surface area (TPSA) is 59.1 Å². The number of carbonyl (C=O) groups excluding carboxylic acids is 2. The van der Waals surface area contributed by atoms with Crippen molar-refractivity contribution >= 4 is 28.3 Å². The zero-order valence-corrected chi connectivity index (χ0v) is 16.3. The zero-order valence-electron chi connectivity index (χ0n) is 16.3. The smallest absolute Gasteiger partial charge is 0.256 e. The van der Waals surface area contributed by atoms with E-state index in [-0.39, 0.29) is 11.7 Å². The van der Waals surface area contributed by atoms with Gasteiger partial charge in [0.25, 0.3) is 5.91 Å². The van der Waals surface area contributed by atoms with Gasteiger partial charge in [-0.1, -0.05) is 42.0 Å². The molecule has 0 aliphatic heterocycles. The van der Waals surface area contributed by atoms with Gasteiger partial charge in [-0.25, -0.2) is 4.98 Å². The van der Waals surface area contributed by atoms with Crippen LogP contribution in [-0.4, -0.2) is 16.7 Å². The summed E-state index contributed by atoms with van der Waals surface area (Å²) in [5.41, 5.74) is 5.35. The molecule has 0 aliphatic carbocycles. The molecule has 29 heavy (non-hydrogen) atoms. The summed E-state index contributed by atoms with van der Waals surface area (Å²) in [6, 6.07) is 24.4. The third kappa shape index (κ3) is 3.92. The van der Waals surface area contributed by atoms with Gasteiger partial charge < -0.3 is 5.32 Å². The van der Waals surface area contributed by atoms with Crippen molar-refractivity contribution in [3.05, 3.63) is 95.6 Å². The predicted molar refractivity (Wildman–Crippen MR) is 116 cm³/mol. The number of pyridine rings is 1. The van der Waals surface area contributed by atoms with Crippen LogP contribution in [0.5, 0.6) is 0 Å².